The Morgan fingerprint density at radius 2 is 2.03 bits per heavy atom. The van der Waals surface area contributed by atoms with Crippen molar-refractivity contribution in [3.05, 3.63) is 51.7 Å². The van der Waals surface area contributed by atoms with Crippen molar-refractivity contribution in [1.29, 1.82) is 0 Å². The van der Waals surface area contributed by atoms with Crippen molar-refractivity contribution in [2.75, 3.05) is 27.3 Å². The second kappa shape index (κ2) is 10.6. The van der Waals surface area contributed by atoms with Crippen LogP contribution in [0.2, 0.25) is 0 Å². The Hall–Kier alpha value is -2.55. The summed E-state index contributed by atoms with van der Waals surface area (Å²) in [5, 5.41) is 3.90. The number of likely N-dealkylation sites (tertiary alicyclic amines) is 1. The van der Waals surface area contributed by atoms with E-state index in [0.717, 1.165) is 46.9 Å². The summed E-state index contributed by atoms with van der Waals surface area (Å²) in [6.45, 7) is 8.22. The molecule has 1 aliphatic rings. The molecule has 0 spiro atoms. The lowest BCUT2D eigenvalue weighted by Crippen LogP contribution is -2.34. The lowest BCUT2D eigenvalue weighted by molar-refractivity contribution is 0.0954. The number of hydrogen-bond acceptors (Lipinski definition) is 7. The molecule has 1 N–H and O–H groups in total. The molecule has 1 aromatic carbocycles. The van der Waals surface area contributed by atoms with Gasteiger partial charge in [0.2, 0.25) is 5.88 Å². The zero-order valence-corrected chi connectivity index (χ0v) is 20.6. The van der Waals surface area contributed by atoms with Crippen LogP contribution in [0, 0.1) is 12.8 Å². The van der Waals surface area contributed by atoms with Crippen molar-refractivity contribution in [3.8, 4) is 5.88 Å². The standard InChI is InChI=1S/C25H32N4O3S/c1-16-8-7-11-29(13-16)14-19-10-6-5-9-18(19)12-26-23(30)22-17(2)21-24(32-4)27-20(15-31-3)28-25(21)33-22/h5-6,9-10,16H,7-8,11-15H2,1-4H3,(H,26,30). The van der Waals surface area contributed by atoms with Crippen LogP contribution in [-0.4, -0.2) is 48.1 Å². The molecule has 1 saturated heterocycles. The van der Waals surface area contributed by atoms with Gasteiger partial charge in [0, 0.05) is 26.7 Å². The number of carbonyl (C=O) groups is 1. The van der Waals surface area contributed by atoms with Gasteiger partial charge in [-0.25, -0.2) is 4.98 Å². The molecule has 8 heteroatoms. The first-order valence-electron chi connectivity index (χ1n) is 11.4. The van der Waals surface area contributed by atoms with E-state index in [0.29, 0.717) is 23.1 Å². The summed E-state index contributed by atoms with van der Waals surface area (Å²) in [5.41, 5.74) is 3.27. The zero-order chi connectivity index (χ0) is 23.4. The summed E-state index contributed by atoms with van der Waals surface area (Å²) in [6, 6.07) is 8.38. The Labute approximate surface area is 199 Å². The SMILES string of the molecule is COCc1nc(OC)c2c(C)c(C(=O)NCc3ccccc3CN3CCCC(C)C3)sc2n1. The fourth-order valence-corrected chi connectivity index (χ4v) is 5.62. The molecule has 1 aliphatic heterocycles. The number of methoxy groups -OCH3 is 2. The van der Waals surface area contributed by atoms with E-state index in [1.807, 2.05) is 13.0 Å². The highest BCUT2D eigenvalue weighted by atomic mass is 32.1. The van der Waals surface area contributed by atoms with Gasteiger partial charge < -0.3 is 14.8 Å². The highest BCUT2D eigenvalue weighted by Crippen LogP contribution is 2.35. The van der Waals surface area contributed by atoms with Gasteiger partial charge in [-0.2, -0.15) is 4.98 Å². The maximum Gasteiger partial charge on any atom is 0.261 e. The van der Waals surface area contributed by atoms with E-state index in [9.17, 15) is 4.79 Å². The van der Waals surface area contributed by atoms with E-state index >= 15 is 0 Å². The van der Waals surface area contributed by atoms with Crippen LogP contribution in [0.5, 0.6) is 5.88 Å². The van der Waals surface area contributed by atoms with E-state index in [1.54, 1.807) is 14.2 Å². The van der Waals surface area contributed by atoms with Gasteiger partial charge >= 0.3 is 0 Å². The Morgan fingerprint density at radius 3 is 2.76 bits per heavy atom. The molecule has 4 rings (SSSR count). The molecule has 1 fully saturated rings. The number of aryl methyl sites for hydroxylation is 1. The molecule has 0 bridgehead atoms. The first-order chi connectivity index (χ1) is 16.0. The van der Waals surface area contributed by atoms with Crippen LogP contribution in [0.1, 0.15) is 52.0 Å². The summed E-state index contributed by atoms with van der Waals surface area (Å²) >= 11 is 1.36. The fourth-order valence-electron chi connectivity index (χ4n) is 4.51. The van der Waals surface area contributed by atoms with E-state index in [4.69, 9.17) is 9.47 Å². The maximum absolute atomic E-state index is 13.1. The monoisotopic (exact) mass is 468 g/mol. The van der Waals surface area contributed by atoms with Crippen molar-refractivity contribution in [3.63, 3.8) is 0 Å². The summed E-state index contributed by atoms with van der Waals surface area (Å²) in [6.07, 6.45) is 2.56. The van der Waals surface area contributed by atoms with Crippen LogP contribution in [0.3, 0.4) is 0 Å². The number of amides is 1. The molecule has 33 heavy (non-hydrogen) atoms. The molecule has 0 radical (unpaired) electrons. The second-order valence-electron chi connectivity index (χ2n) is 8.75. The van der Waals surface area contributed by atoms with Gasteiger partial charge in [-0.15, -0.1) is 11.3 Å². The van der Waals surface area contributed by atoms with E-state index in [2.05, 4.69) is 45.3 Å². The average molecular weight is 469 g/mol. The third-order valence-electron chi connectivity index (χ3n) is 6.17. The van der Waals surface area contributed by atoms with E-state index in [1.165, 1.54) is 29.7 Å². The number of carbonyl (C=O) groups excluding carboxylic acids is 1. The minimum atomic E-state index is -0.104. The van der Waals surface area contributed by atoms with Gasteiger partial charge in [-0.05, 0) is 48.9 Å². The Kier molecular flexibility index (Phi) is 7.57. The van der Waals surface area contributed by atoms with E-state index < -0.39 is 0 Å². The number of piperidine rings is 1. The zero-order valence-electron chi connectivity index (χ0n) is 19.8. The summed E-state index contributed by atoms with van der Waals surface area (Å²) in [7, 11) is 3.18. The number of aromatic nitrogens is 2. The van der Waals surface area contributed by atoms with Crippen LogP contribution in [-0.2, 0) is 24.4 Å². The van der Waals surface area contributed by atoms with Gasteiger partial charge in [0.1, 0.15) is 11.4 Å². The van der Waals surface area contributed by atoms with Gasteiger partial charge in [-0.1, -0.05) is 31.2 Å². The highest BCUT2D eigenvalue weighted by Gasteiger charge is 2.22. The van der Waals surface area contributed by atoms with Crippen LogP contribution >= 0.6 is 11.3 Å². The van der Waals surface area contributed by atoms with Gasteiger partial charge in [0.05, 0.1) is 17.4 Å². The molecule has 0 saturated carbocycles. The van der Waals surface area contributed by atoms with Gasteiger partial charge in [-0.3, -0.25) is 9.69 Å². The quantitative estimate of drug-likeness (QED) is 0.531. The minimum absolute atomic E-state index is 0.104. The second-order valence-corrected chi connectivity index (χ2v) is 9.75. The number of hydrogen-bond donors (Lipinski definition) is 1. The lowest BCUT2D eigenvalue weighted by Gasteiger charge is -2.31. The number of thiophene rings is 1. The minimum Gasteiger partial charge on any atom is -0.480 e. The average Bonchev–Trinajstić information content (AvgIpc) is 3.14. The largest absolute Gasteiger partial charge is 0.480 e. The third kappa shape index (κ3) is 5.34. The number of nitrogens with zero attached hydrogens (tertiary/aromatic N) is 3. The molecule has 7 nitrogen and oxygen atoms in total. The number of benzene rings is 1. The van der Waals surface area contributed by atoms with Crippen LogP contribution in [0.15, 0.2) is 24.3 Å². The molecule has 176 valence electrons. The van der Waals surface area contributed by atoms with Crippen LogP contribution in [0.4, 0.5) is 0 Å². The predicted octanol–water partition coefficient (Wildman–Crippen LogP) is 4.32. The molecular weight excluding hydrogens is 436 g/mol. The van der Waals surface area contributed by atoms with Crippen LogP contribution < -0.4 is 10.1 Å². The number of rotatable bonds is 8. The van der Waals surface area contributed by atoms with Crippen LogP contribution in [0.25, 0.3) is 10.2 Å². The molecular formula is C25H32N4O3S. The smallest absolute Gasteiger partial charge is 0.261 e. The molecule has 3 heterocycles. The third-order valence-corrected chi connectivity index (χ3v) is 7.35. The fraction of sp³-hybridized carbons (Fsp3) is 0.480. The van der Waals surface area contributed by atoms with E-state index in [-0.39, 0.29) is 12.5 Å². The number of fused-ring (bicyclic) bond motifs is 1. The summed E-state index contributed by atoms with van der Waals surface area (Å²) < 4.78 is 10.6. The lowest BCUT2D eigenvalue weighted by atomic mass is 9.99. The molecule has 1 atom stereocenters. The highest BCUT2D eigenvalue weighted by molar-refractivity contribution is 7.20. The summed E-state index contributed by atoms with van der Waals surface area (Å²) in [4.78, 5) is 26.0. The predicted molar refractivity (Wildman–Crippen MR) is 131 cm³/mol. The Bertz CT molecular complexity index is 1130. The Balaban J connectivity index is 1.51. The van der Waals surface area contributed by atoms with Gasteiger partial charge in [0.25, 0.3) is 5.91 Å². The molecule has 1 unspecified atom stereocenters. The normalized spacial score (nSPS) is 16.8. The number of nitrogens with one attached hydrogen (secondary N) is 1. The number of ether oxygens (including phenoxy) is 2. The van der Waals surface area contributed by atoms with Gasteiger partial charge in [0.15, 0.2) is 5.82 Å². The Morgan fingerprint density at radius 1 is 1.24 bits per heavy atom. The summed E-state index contributed by atoms with van der Waals surface area (Å²) in [5.74, 6) is 1.65. The van der Waals surface area contributed by atoms with Crippen molar-refractivity contribution in [2.45, 2.75) is 46.4 Å². The first kappa shape index (κ1) is 23.6. The first-order valence-corrected chi connectivity index (χ1v) is 12.2. The maximum atomic E-state index is 13.1. The van der Waals surface area contributed by atoms with Crippen molar-refractivity contribution in [2.24, 2.45) is 5.92 Å². The van der Waals surface area contributed by atoms with Crippen molar-refractivity contribution < 1.29 is 14.3 Å². The molecule has 3 aromatic rings. The van der Waals surface area contributed by atoms with Crippen molar-refractivity contribution in [1.82, 2.24) is 20.2 Å². The molecule has 1 amide bonds. The molecule has 2 aromatic heterocycles. The topological polar surface area (TPSA) is 76.6 Å². The van der Waals surface area contributed by atoms with Crippen molar-refractivity contribution >= 4 is 27.5 Å². The molecule has 0 aliphatic carbocycles.